The summed E-state index contributed by atoms with van der Waals surface area (Å²) in [5.74, 6) is -1.25. The highest BCUT2D eigenvalue weighted by molar-refractivity contribution is 6.00. The quantitative estimate of drug-likeness (QED) is 0.175. The first-order chi connectivity index (χ1) is 30.6. The Bertz CT molecular complexity index is 3330. The van der Waals surface area contributed by atoms with Gasteiger partial charge in [0.25, 0.3) is 5.91 Å². The molecule has 3 aliphatic rings. The minimum absolute atomic E-state index is 0.0455. The highest BCUT2D eigenvalue weighted by Crippen LogP contribution is 2.51. The predicted octanol–water partition coefficient (Wildman–Crippen LogP) is 7.33. The van der Waals surface area contributed by atoms with Gasteiger partial charge in [-0.25, -0.2) is 18.4 Å². The van der Waals surface area contributed by atoms with E-state index in [1.807, 2.05) is 17.6 Å². The number of nitrogens with zero attached hydrogens (tertiary/aromatic N) is 9. The number of ether oxygens (including phenoxy) is 1. The van der Waals surface area contributed by atoms with E-state index in [-0.39, 0.29) is 47.4 Å². The lowest BCUT2D eigenvalue weighted by atomic mass is 9.83. The number of fused-ring (bicyclic) bond motifs is 3. The Morgan fingerprint density at radius 1 is 0.938 bits per heavy atom. The Kier molecular flexibility index (Phi) is 8.77. The highest BCUT2D eigenvalue weighted by Gasteiger charge is 2.52. The molecule has 1 saturated carbocycles. The molecule has 1 aliphatic carbocycles. The van der Waals surface area contributed by atoms with Crippen molar-refractivity contribution in [3.8, 4) is 22.6 Å². The van der Waals surface area contributed by atoms with Crippen LogP contribution in [0.25, 0.3) is 44.4 Å². The first kappa shape index (κ1) is 39.9. The average molecular weight is 869 g/mol. The summed E-state index contributed by atoms with van der Waals surface area (Å²) in [6, 6.07) is 14.3. The van der Waals surface area contributed by atoms with Crippen LogP contribution in [0.1, 0.15) is 97.1 Å². The SMILES string of the molecule is Cc1cc(-c2nn3c(c2-n2ccn(-c4ccc5c(cnn5C)c4F)c2=O)[C@H](C)N(C(=O)c2cc4cc([C@@H]5CCOC(C)(C)C5)ccc4n2C2(c4noc(=O)[nH]4)CC2)CC3)cc(C)c1F. The molecule has 8 aromatic rings. The molecule has 0 bridgehead atoms. The van der Waals surface area contributed by atoms with Crippen molar-refractivity contribution in [1.82, 2.24) is 48.3 Å². The first-order valence-corrected chi connectivity index (χ1v) is 21.6. The summed E-state index contributed by atoms with van der Waals surface area (Å²) in [6.45, 7) is 10.7. The van der Waals surface area contributed by atoms with Gasteiger partial charge in [0.05, 0.1) is 46.7 Å². The van der Waals surface area contributed by atoms with Crippen LogP contribution in [-0.4, -0.2) is 73.0 Å². The molecule has 17 heteroatoms. The fourth-order valence-electron chi connectivity index (χ4n) is 10.4. The number of benzene rings is 3. The largest absolute Gasteiger partial charge is 0.438 e. The van der Waals surface area contributed by atoms with Crippen LogP contribution in [0.3, 0.4) is 0 Å². The molecule has 2 atom stereocenters. The number of hydrogen-bond donors (Lipinski definition) is 1. The second-order valence-corrected chi connectivity index (χ2v) is 18.3. The Labute approximate surface area is 364 Å². The van der Waals surface area contributed by atoms with Gasteiger partial charge in [-0.15, -0.1) is 0 Å². The molecule has 2 aliphatic heterocycles. The van der Waals surface area contributed by atoms with Crippen molar-refractivity contribution in [3.63, 3.8) is 0 Å². The Morgan fingerprint density at radius 2 is 1.69 bits per heavy atom. The van der Waals surface area contributed by atoms with Crippen molar-refractivity contribution in [2.45, 2.75) is 89.9 Å². The molecule has 2 fully saturated rings. The van der Waals surface area contributed by atoms with E-state index in [4.69, 9.17) is 14.4 Å². The summed E-state index contributed by atoms with van der Waals surface area (Å²) < 4.78 is 50.3. The summed E-state index contributed by atoms with van der Waals surface area (Å²) in [5.41, 5.74) is 4.17. The number of aromatic amines is 1. The van der Waals surface area contributed by atoms with Crippen molar-refractivity contribution in [1.29, 1.82) is 0 Å². The number of carbonyl (C=O) groups is 1. The molecule has 0 radical (unpaired) electrons. The van der Waals surface area contributed by atoms with Gasteiger partial charge in [0, 0.05) is 49.1 Å². The zero-order valence-electron chi connectivity index (χ0n) is 36.3. The standard InChI is InChI=1S/C47H46F2N10O5/c1-25-19-31(20-26(2)37(25)48)39-41(57-15-14-56(45(57)62)35-10-9-34-32(38(35)49)24-50-54(34)6)40-27(3)55(16-17-58(40)52-39)42(60)36-22-30-21-28(29-11-18-63-46(4,5)23-29)7-8-33(30)59(36)47(12-13-47)43-51-44(61)64-53-43/h7-10,14-15,19-22,24,27,29H,11-13,16-18,23H2,1-6H3,(H,51,53,61)/t27-,29+/m0/s1. The summed E-state index contributed by atoms with van der Waals surface area (Å²) in [4.78, 5) is 46.9. The van der Waals surface area contributed by atoms with Gasteiger partial charge < -0.3 is 14.2 Å². The van der Waals surface area contributed by atoms with Crippen molar-refractivity contribution < 1.29 is 22.8 Å². The minimum Gasteiger partial charge on any atom is -0.376 e. The molecular weight excluding hydrogens is 823 g/mol. The summed E-state index contributed by atoms with van der Waals surface area (Å²) in [5, 5.41) is 14.5. The van der Waals surface area contributed by atoms with Crippen molar-refractivity contribution in [2.24, 2.45) is 7.05 Å². The molecule has 5 aromatic heterocycles. The number of H-pyrrole nitrogens is 1. The van der Waals surface area contributed by atoms with Gasteiger partial charge >= 0.3 is 11.4 Å². The molecule has 3 aromatic carbocycles. The lowest BCUT2D eigenvalue weighted by molar-refractivity contribution is -0.0592. The summed E-state index contributed by atoms with van der Waals surface area (Å²) in [6.07, 6.45) is 7.48. The van der Waals surface area contributed by atoms with Crippen LogP contribution in [0.2, 0.25) is 0 Å². The normalized spacial score (nSPS) is 19.2. The van der Waals surface area contributed by atoms with E-state index in [9.17, 15) is 9.59 Å². The molecule has 1 N–H and O–H groups in total. The fraction of sp³-hybridized carbons (Fsp3) is 0.362. The minimum atomic E-state index is -0.817. The predicted molar refractivity (Wildman–Crippen MR) is 233 cm³/mol. The molecule has 0 spiro atoms. The zero-order chi connectivity index (χ0) is 44.6. The Hall–Kier alpha value is -6.88. The van der Waals surface area contributed by atoms with E-state index >= 15 is 13.6 Å². The molecule has 0 unspecified atom stereocenters. The van der Waals surface area contributed by atoms with E-state index in [0.29, 0.717) is 70.2 Å². The third-order valence-corrected chi connectivity index (χ3v) is 13.7. The van der Waals surface area contributed by atoms with Gasteiger partial charge in [0.2, 0.25) is 0 Å². The van der Waals surface area contributed by atoms with E-state index in [1.165, 1.54) is 21.5 Å². The molecular formula is C47H46F2N10O5. The van der Waals surface area contributed by atoms with Crippen LogP contribution in [-0.2, 0) is 23.9 Å². The Morgan fingerprint density at radius 3 is 2.41 bits per heavy atom. The van der Waals surface area contributed by atoms with Gasteiger partial charge in [0.1, 0.15) is 28.4 Å². The van der Waals surface area contributed by atoms with Crippen molar-refractivity contribution in [3.05, 3.63) is 134 Å². The van der Waals surface area contributed by atoms with Crippen molar-refractivity contribution >= 4 is 27.7 Å². The number of imidazole rings is 1. The molecule has 1 amide bonds. The summed E-state index contributed by atoms with van der Waals surface area (Å²) >= 11 is 0. The Balaban J connectivity index is 1.05. The third kappa shape index (κ3) is 5.99. The monoisotopic (exact) mass is 868 g/mol. The smallest absolute Gasteiger partial charge is 0.376 e. The zero-order valence-corrected chi connectivity index (χ0v) is 36.3. The van der Waals surface area contributed by atoms with E-state index in [1.54, 1.807) is 65.6 Å². The van der Waals surface area contributed by atoms with Crippen LogP contribution < -0.4 is 11.4 Å². The lowest BCUT2D eigenvalue weighted by Gasteiger charge is -2.35. The molecule has 64 heavy (non-hydrogen) atoms. The number of rotatable bonds is 7. The van der Waals surface area contributed by atoms with Gasteiger partial charge in [-0.2, -0.15) is 10.2 Å². The first-order valence-electron chi connectivity index (χ1n) is 21.6. The topological polar surface area (TPSA) is 156 Å². The van der Waals surface area contributed by atoms with Crippen LogP contribution in [0.15, 0.2) is 81.2 Å². The van der Waals surface area contributed by atoms with E-state index in [2.05, 4.69) is 47.3 Å². The van der Waals surface area contributed by atoms with Gasteiger partial charge in [-0.05, 0) is 125 Å². The average Bonchev–Trinajstić information content (AvgIpc) is 3.72. The number of halogens is 2. The van der Waals surface area contributed by atoms with Crippen molar-refractivity contribution in [2.75, 3.05) is 13.2 Å². The number of aromatic nitrogens is 9. The second kappa shape index (κ2) is 14.1. The van der Waals surface area contributed by atoms with Gasteiger partial charge in [0.15, 0.2) is 11.6 Å². The van der Waals surface area contributed by atoms with E-state index in [0.717, 1.165) is 29.3 Å². The fourth-order valence-corrected chi connectivity index (χ4v) is 10.4. The second-order valence-electron chi connectivity index (χ2n) is 18.3. The molecule has 1 saturated heterocycles. The van der Waals surface area contributed by atoms with Gasteiger partial charge in [-0.3, -0.25) is 32.8 Å². The van der Waals surface area contributed by atoms with Crippen LogP contribution in [0, 0.1) is 25.5 Å². The number of nitrogens with one attached hydrogen (secondary N) is 1. The molecule has 328 valence electrons. The maximum absolute atomic E-state index is 16.1. The summed E-state index contributed by atoms with van der Waals surface area (Å²) in [7, 11) is 1.72. The maximum Gasteiger partial charge on any atom is 0.438 e. The van der Waals surface area contributed by atoms with E-state index < -0.39 is 28.8 Å². The number of amides is 1. The molecule has 15 nitrogen and oxygen atoms in total. The van der Waals surface area contributed by atoms with Crippen LogP contribution >= 0.6 is 0 Å². The highest BCUT2D eigenvalue weighted by atomic mass is 19.1. The van der Waals surface area contributed by atoms with Gasteiger partial charge in [-0.1, -0.05) is 11.2 Å². The number of aryl methyl sites for hydroxylation is 3. The van der Waals surface area contributed by atoms with Crippen LogP contribution in [0.5, 0.6) is 0 Å². The molecule has 11 rings (SSSR count). The third-order valence-electron chi connectivity index (χ3n) is 13.7. The lowest BCUT2D eigenvalue weighted by Crippen LogP contribution is -2.43. The number of hydrogen-bond acceptors (Lipinski definition) is 8. The van der Waals surface area contributed by atoms with Crippen LogP contribution in [0.4, 0.5) is 8.78 Å². The maximum atomic E-state index is 16.1. The molecule has 7 heterocycles. The number of carbonyl (C=O) groups excluding carboxylic acids is 1.